The van der Waals surface area contributed by atoms with E-state index in [1.54, 1.807) is 13.8 Å². The van der Waals surface area contributed by atoms with Crippen molar-refractivity contribution in [3.05, 3.63) is 16.0 Å². The van der Waals surface area contributed by atoms with Gasteiger partial charge >= 0.3 is 11.9 Å². The second-order valence-corrected chi connectivity index (χ2v) is 7.67. The SMILES string of the molecule is CCOC(=O)c1c(NC(=O)COC(=O)CN2CSCC2=O)sc(C)c1C. The van der Waals surface area contributed by atoms with E-state index >= 15 is 0 Å². The topological polar surface area (TPSA) is 102 Å². The van der Waals surface area contributed by atoms with Crippen LogP contribution in [0.3, 0.4) is 0 Å². The van der Waals surface area contributed by atoms with Crippen molar-refractivity contribution in [1.29, 1.82) is 0 Å². The maximum Gasteiger partial charge on any atom is 0.341 e. The van der Waals surface area contributed by atoms with Crippen molar-refractivity contribution in [2.75, 3.05) is 36.7 Å². The van der Waals surface area contributed by atoms with E-state index in [4.69, 9.17) is 9.47 Å². The quantitative estimate of drug-likeness (QED) is 0.693. The van der Waals surface area contributed by atoms with E-state index < -0.39 is 24.5 Å². The van der Waals surface area contributed by atoms with Gasteiger partial charge in [0.1, 0.15) is 11.5 Å². The van der Waals surface area contributed by atoms with Gasteiger partial charge in [0.05, 0.1) is 23.8 Å². The predicted octanol–water partition coefficient (Wildman–Crippen LogP) is 1.56. The van der Waals surface area contributed by atoms with E-state index in [9.17, 15) is 19.2 Å². The fourth-order valence-electron chi connectivity index (χ4n) is 2.21. The molecule has 0 saturated carbocycles. The highest BCUT2D eigenvalue weighted by molar-refractivity contribution is 8.00. The first-order valence-electron chi connectivity index (χ1n) is 7.91. The first-order chi connectivity index (χ1) is 12.3. The summed E-state index contributed by atoms with van der Waals surface area (Å²) >= 11 is 2.67. The maximum absolute atomic E-state index is 12.1. The van der Waals surface area contributed by atoms with Crippen LogP contribution in [0.2, 0.25) is 0 Å². The number of carbonyl (C=O) groups is 4. The minimum atomic E-state index is -0.653. The Morgan fingerprint density at radius 1 is 1.23 bits per heavy atom. The number of nitrogens with one attached hydrogen (secondary N) is 1. The summed E-state index contributed by atoms with van der Waals surface area (Å²) in [5.41, 5.74) is 1.06. The molecule has 1 aromatic rings. The summed E-state index contributed by atoms with van der Waals surface area (Å²) < 4.78 is 9.92. The van der Waals surface area contributed by atoms with Crippen molar-refractivity contribution in [3.8, 4) is 0 Å². The average molecular weight is 400 g/mol. The van der Waals surface area contributed by atoms with Crippen LogP contribution in [0, 0.1) is 13.8 Å². The van der Waals surface area contributed by atoms with E-state index in [1.165, 1.54) is 28.0 Å². The number of amides is 2. The van der Waals surface area contributed by atoms with Crippen LogP contribution < -0.4 is 5.32 Å². The van der Waals surface area contributed by atoms with Crippen molar-refractivity contribution in [1.82, 2.24) is 4.90 Å². The number of carbonyl (C=O) groups excluding carboxylic acids is 4. The Kier molecular flexibility index (Phi) is 7.04. The van der Waals surface area contributed by atoms with Gasteiger partial charge in [0.25, 0.3) is 5.91 Å². The zero-order valence-corrected chi connectivity index (χ0v) is 16.4. The van der Waals surface area contributed by atoms with Crippen LogP contribution in [-0.2, 0) is 23.9 Å². The lowest BCUT2D eigenvalue weighted by Crippen LogP contribution is -2.33. The van der Waals surface area contributed by atoms with E-state index in [1.807, 2.05) is 6.92 Å². The van der Waals surface area contributed by atoms with Gasteiger partial charge in [0.15, 0.2) is 6.61 Å². The summed E-state index contributed by atoms with van der Waals surface area (Å²) in [6.07, 6.45) is 0. The molecule has 2 heterocycles. The van der Waals surface area contributed by atoms with Crippen LogP contribution >= 0.6 is 23.1 Å². The number of aryl methyl sites for hydroxylation is 1. The first kappa shape index (κ1) is 20.2. The van der Waals surface area contributed by atoms with Gasteiger partial charge in [-0.25, -0.2) is 4.79 Å². The number of nitrogens with zero attached hydrogens (tertiary/aromatic N) is 1. The molecule has 0 aliphatic carbocycles. The van der Waals surface area contributed by atoms with E-state index in [2.05, 4.69) is 5.32 Å². The van der Waals surface area contributed by atoms with E-state index in [0.29, 0.717) is 22.2 Å². The summed E-state index contributed by atoms with van der Waals surface area (Å²) in [7, 11) is 0. The zero-order valence-electron chi connectivity index (χ0n) is 14.7. The number of ether oxygens (including phenoxy) is 2. The molecule has 0 atom stereocenters. The molecule has 0 bridgehead atoms. The number of hydrogen-bond acceptors (Lipinski definition) is 8. The Labute approximate surface area is 159 Å². The molecule has 0 aromatic carbocycles. The third-order valence-electron chi connectivity index (χ3n) is 3.63. The Hall–Kier alpha value is -2.07. The van der Waals surface area contributed by atoms with Gasteiger partial charge in [-0.15, -0.1) is 23.1 Å². The summed E-state index contributed by atoms with van der Waals surface area (Å²) in [5.74, 6) is -1.06. The molecule has 1 N–H and O–H groups in total. The summed E-state index contributed by atoms with van der Waals surface area (Å²) in [4.78, 5) is 49.6. The minimum absolute atomic E-state index is 0.125. The molecule has 0 spiro atoms. The lowest BCUT2D eigenvalue weighted by atomic mass is 10.1. The third-order valence-corrected chi connectivity index (χ3v) is 5.70. The Morgan fingerprint density at radius 3 is 2.58 bits per heavy atom. The second kappa shape index (κ2) is 9.04. The van der Waals surface area contributed by atoms with E-state index in [-0.39, 0.29) is 19.1 Å². The molecular weight excluding hydrogens is 380 g/mol. The Bertz CT molecular complexity index is 731. The van der Waals surface area contributed by atoms with Gasteiger partial charge in [-0.05, 0) is 26.3 Å². The molecular formula is C16H20N2O6S2. The maximum atomic E-state index is 12.1. The number of anilines is 1. The Balaban J connectivity index is 1.91. The van der Waals surface area contributed by atoms with Gasteiger partial charge in [0, 0.05) is 4.88 Å². The van der Waals surface area contributed by atoms with Crippen molar-refractivity contribution >= 4 is 51.9 Å². The monoisotopic (exact) mass is 400 g/mol. The molecule has 1 fully saturated rings. The standard InChI is InChI=1S/C16H20N2O6S2/c1-4-23-16(22)14-9(2)10(3)26-15(14)17-11(19)6-24-13(21)5-18-8-25-7-12(18)20/h4-8H2,1-3H3,(H,17,19). The van der Waals surface area contributed by atoms with Gasteiger partial charge in [0.2, 0.25) is 5.91 Å². The molecule has 0 radical (unpaired) electrons. The molecule has 10 heteroatoms. The number of rotatable bonds is 7. The van der Waals surface area contributed by atoms with Gasteiger partial charge in [-0.1, -0.05) is 0 Å². The zero-order chi connectivity index (χ0) is 19.3. The smallest absolute Gasteiger partial charge is 0.341 e. The highest BCUT2D eigenvalue weighted by atomic mass is 32.2. The molecule has 2 rings (SSSR count). The van der Waals surface area contributed by atoms with E-state index in [0.717, 1.165) is 10.4 Å². The molecule has 1 saturated heterocycles. The first-order valence-corrected chi connectivity index (χ1v) is 9.88. The second-order valence-electron chi connectivity index (χ2n) is 5.49. The fourth-order valence-corrected chi connectivity index (χ4v) is 4.18. The van der Waals surface area contributed by atoms with Crippen LogP contribution in [0.4, 0.5) is 5.00 Å². The molecule has 2 amide bonds. The lowest BCUT2D eigenvalue weighted by Gasteiger charge is -2.13. The predicted molar refractivity (Wildman–Crippen MR) is 98.4 cm³/mol. The number of thiophene rings is 1. The van der Waals surface area contributed by atoms with Crippen LogP contribution in [-0.4, -0.2) is 60.0 Å². The van der Waals surface area contributed by atoms with Crippen LogP contribution in [0.15, 0.2) is 0 Å². The molecule has 1 aliphatic heterocycles. The fraction of sp³-hybridized carbons (Fsp3) is 0.500. The normalized spacial score (nSPS) is 13.7. The van der Waals surface area contributed by atoms with Crippen LogP contribution in [0.5, 0.6) is 0 Å². The Morgan fingerprint density at radius 2 is 1.96 bits per heavy atom. The van der Waals surface area contributed by atoms with Crippen LogP contribution in [0.1, 0.15) is 27.7 Å². The van der Waals surface area contributed by atoms with Gasteiger partial charge in [-0.2, -0.15) is 0 Å². The average Bonchev–Trinajstić information content (AvgIpc) is 3.09. The summed E-state index contributed by atoms with van der Waals surface area (Å²) in [6.45, 7) is 4.87. The summed E-state index contributed by atoms with van der Waals surface area (Å²) in [6, 6.07) is 0. The number of hydrogen-bond donors (Lipinski definition) is 1. The number of esters is 2. The van der Waals surface area contributed by atoms with Crippen molar-refractivity contribution in [2.24, 2.45) is 0 Å². The molecule has 1 aromatic heterocycles. The van der Waals surface area contributed by atoms with Gasteiger partial charge in [-0.3, -0.25) is 14.4 Å². The van der Waals surface area contributed by atoms with Gasteiger partial charge < -0.3 is 19.7 Å². The largest absolute Gasteiger partial charge is 0.462 e. The molecule has 26 heavy (non-hydrogen) atoms. The molecule has 8 nitrogen and oxygen atoms in total. The summed E-state index contributed by atoms with van der Waals surface area (Å²) in [5, 5.41) is 2.95. The third kappa shape index (κ3) is 4.98. The van der Waals surface area contributed by atoms with Crippen molar-refractivity contribution in [3.63, 3.8) is 0 Å². The number of thioether (sulfide) groups is 1. The molecule has 0 unspecified atom stereocenters. The molecule has 1 aliphatic rings. The minimum Gasteiger partial charge on any atom is -0.462 e. The van der Waals surface area contributed by atoms with Crippen molar-refractivity contribution < 1.29 is 28.7 Å². The van der Waals surface area contributed by atoms with Crippen LogP contribution in [0.25, 0.3) is 0 Å². The molecule has 142 valence electrons. The lowest BCUT2D eigenvalue weighted by molar-refractivity contribution is -0.150. The highest BCUT2D eigenvalue weighted by Gasteiger charge is 2.25. The van der Waals surface area contributed by atoms with Crippen molar-refractivity contribution in [2.45, 2.75) is 20.8 Å². The highest BCUT2D eigenvalue weighted by Crippen LogP contribution is 2.33.